The largest absolute Gasteiger partial charge is 0.416 e. The summed E-state index contributed by atoms with van der Waals surface area (Å²) >= 11 is 6.01. The molecule has 1 atom stereocenters. The van der Waals surface area contributed by atoms with Gasteiger partial charge in [-0.25, -0.2) is 17.2 Å². The second-order valence-electron chi connectivity index (χ2n) is 8.80. The molecular formula is C26H24ClF5N2O3S. The van der Waals surface area contributed by atoms with Crippen molar-refractivity contribution in [3.63, 3.8) is 0 Å². The highest BCUT2D eigenvalue weighted by Crippen LogP contribution is 2.30. The smallest absolute Gasteiger partial charge is 0.368 e. The third-order valence-electron chi connectivity index (χ3n) is 6.25. The first kappa shape index (κ1) is 28.4. The van der Waals surface area contributed by atoms with E-state index in [0.29, 0.717) is 17.1 Å². The third kappa shape index (κ3) is 6.70. The Labute approximate surface area is 222 Å². The summed E-state index contributed by atoms with van der Waals surface area (Å²) in [5, 5.41) is 0.523. The van der Waals surface area contributed by atoms with E-state index in [1.165, 1.54) is 12.1 Å². The molecule has 1 aliphatic rings. The summed E-state index contributed by atoms with van der Waals surface area (Å²) in [6.07, 6.45) is -4.93. The van der Waals surface area contributed by atoms with Gasteiger partial charge >= 0.3 is 6.18 Å². The third-order valence-corrected chi connectivity index (χ3v) is 8.45. The molecule has 1 fully saturated rings. The molecule has 5 nitrogen and oxygen atoms in total. The Morgan fingerprint density at radius 2 is 1.45 bits per heavy atom. The Kier molecular flexibility index (Phi) is 8.73. The van der Waals surface area contributed by atoms with Gasteiger partial charge in [0.05, 0.1) is 18.3 Å². The van der Waals surface area contributed by atoms with E-state index in [1.54, 1.807) is 24.3 Å². The number of ether oxygens (including phenoxy) is 1. The van der Waals surface area contributed by atoms with Gasteiger partial charge < -0.3 is 4.74 Å². The lowest BCUT2D eigenvalue weighted by molar-refractivity contribution is -0.137. The van der Waals surface area contributed by atoms with Crippen molar-refractivity contribution < 1.29 is 35.1 Å². The van der Waals surface area contributed by atoms with E-state index in [-0.39, 0.29) is 32.8 Å². The number of alkyl halides is 3. The first-order valence-corrected chi connectivity index (χ1v) is 13.5. The van der Waals surface area contributed by atoms with E-state index >= 15 is 0 Å². The van der Waals surface area contributed by atoms with E-state index in [4.69, 9.17) is 16.3 Å². The lowest BCUT2D eigenvalue weighted by Gasteiger charge is -2.36. The molecule has 4 rings (SSSR count). The standard InChI is InChI=1S/C26H24ClF5N2O3S/c27-21-10-6-19(7-11-21)24(37-17-18-4-8-20(9-5-18)26(30,31)32)16-33-12-14-34(15-13-33)38(35,36)25-22(28)2-1-3-23(25)29/h1-11,24H,12-17H2. The van der Waals surface area contributed by atoms with Crippen molar-refractivity contribution in [2.75, 3.05) is 32.7 Å². The van der Waals surface area contributed by atoms with Crippen molar-refractivity contribution in [2.24, 2.45) is 0 Å². The molecule has 0 N–H and O–H groups in total. The van der Waals surface area contributed by atoms with Crippen molar-refractivity contribution >= 4 is 21.6 Å². The highest BCUT2D eigenvalue weighted by molar-refractivity contribution is 7.89. The zero-order chi connectivity index (χ0) is 27.5. The molecule has 1 aliphatic heterocycles. The van der Waals surface area contributed by atoms with Crippen LogP contribution in [0, 0.1) is 11.6 Å². The first-order chi connectivity index (χ1) is 17.9. The molecule has 0 saturated carbocycles. The fourth-order valence-electron chi connectivity index (χ4n) is 4.16. The molecule has 3 aromatic carbocycles. The maximum Gasteiger partial charge on any atom is 0.416 e. The van der Waals surface area contributed by atoms with Crippen LogP contribution in [0.1, 0.15) is 22.8 Å². The zero-order valence-corrected chi connectivity index (χ0v) is 21.5. The Hall–Kier alpha value is -2.57. The minimum atomic E-state index is -4.43. The molecule has 12 heteroatoms. The summed E-state index contributed by atoms with van der Waals surface area (Å²) in [4.78, 5) is 0.989. The average molecular weight is 575 g/mol. The maximum absolute atomic E-state index is 14.1. The van der Waals surface area contributed by atoms with Gasteiger partial charge in [0, 0.05) is 37.7 Å². The normalized spacial score (nSPS) is 16.5. The summed E-state index contributed by atoms with van der Waals surface area (Å²) in [6.45, 7) is 0.993. The van der Waals surface area contributed by atoms with E-state index in [0.717, 1.165) is 40.2 Å². The summed E-state index contributed by atoms with van der Waals surface area (Å²) < 4.78 is 99.7. The Morgan fingerprint density at radius 3 is 2.00 bits per heavy atom. The molecule has 0 radical (unpaired) electrons. The van der Waals surface area contributed by atoms with Crippen LogP contribution in [-0.4, -0.2) is 50.3 Å². The lowest BCUT2D eigenvalue weighted by Crippen LogP contribution is -2.49. The number of hydrogen-bond acceptors (Lipinski definition) is 4. The van der Waals surface area contributed by atoms with Crippen LogP contribution >= 0.6 is 11.6 Å². The van der Waals surface area contributed by atoms with Gasteiger partial charge in [-0.15, -0.1) is 0 Å². The van der Waals surface area contributed by atoms with Crippen molar-refractivity contribution in [3.8, 4) is 0 Å². The van der Waals surface area contributed by atoms with Gasteiger partial charge in [-0.1, -0.05) is 41.9 Å². The van der Waals surface area contributed by atoms with Crippen LogP contribution in [0.25, 0.3) is 0 Å². The number of benzene rings is 3. The van der Waals surface area contributed by atoms with E-state index < -0.39 is 44.4 Å². The second-order valence-corrected chi connectivity index (χ2v) is 11.1. The molecule has 0 aromatic heterocycles. The quantitative estimate of drug-likeness (QED) is 0.314. The van der Waals surface area contributed by atoms with Crippen LogP contribution in [-0.2, 0) is 27.5 Å². The fourth-order valence-corrected chi connectivity index (χ4v) is 5.82. The van der Waals surface area contributed by atoms with Crippen LogP contribution in [0.15, 0.2) is 71.6 Å². The van der Waals surface area contributed by atoms with Crippen LogP contribution < -0.4 is 0 Å². The second kappa shape index (κ2) is 11.7. The molecule has 0 aliphatic carbocycles. The van der Waals surface area contributed by atoms with E-state index in [2.05, 4.69) is 0 Å². The predicted molar refractivity (Wildman–Crippen MR) is 132 cm³/mol. The molecule has 0 amide bonds. The number of halogens is 6. The monoisotopic (exact) mass is 574 g/mol. The topological polar surface area (TPSA) is 49.9 Å². The maximum atomic E-state index is 14.1. The van der Waals surface area contributed by atoms with Crippen LogP contribution in [0.3, 0.4) is 0 Å². The number of sulfonamides is 1. The first-order valence-electron chi connectivity index (χ1n) is 11.6. The summed E-state index contributed by atoms with van der Waals surface area (Å²) in [7, 11) is -4.36. The number of rotatable bonds is 8. The molecule has 0 spiro atoms. The van der Waals surface area contributed by atoms with Gasteiger partial charge in [0.1, 0.15) is 11.6 Å². The average Bonchev–Trinajstić information content (AvgIpc) is 2.87. The van der Waals surface area contributed by atoms with Gasteiger partial charge in [0.15, 0.2) is 4.90 Å². The van der Waals surface area contributed by atoms with Gasteiger partial charge in [-0.3, -0.25) is 4.90 Å². The Balaban J connectivity index is 1.43. The highest BCUT2D eigenvalue weighted by Gasteiger charge is 2.34. The van der Waals surface area contributed by atoms with Crippen LogP contribution in [0.4, 0.5) is 22.0 Å². The molecule has 38 heavy (non-hydrogen) atoms. The Morgan fingerprint density at radius 1 is 0.868 bits per heavy atom. The minimum absolute atomic E-state index is 0.0162. The number of piperazine rings is 1. The molecule has 3 aromatic rings. The van der Waals surface area contributed by atoms with E-state index in [1.807, 2.05) is 4.90 Å². The molecule has 1 heterocycles. The predicted octanol–water partition coefficient (Wildman–Crippen LogP) is 5.90. The van der Waals surface area contributed by atoms with Crippen LogP contribution in [0.2, 0.25) is 5.02 Å². The van der Waals surface area contributed by atoms with Crippen molar-refractivity contribution in [1.82, 2.24) is 9.21 Å². The van der Waals surface area contributed by atoms with Gasteiger partial charge in [-0.05, 0) is 47.5 Å². The van der Waals surface area contributed by atoms with E-state index in [9.17, 15) is 30.4 Å². The van der Waals surface area contributed by atoms with Gasteiger partial charge in [-0.2, -0.15) is 17.5 Å². The lowest BCUT2D eigenvalue weighted by atomic mass is 10.1. The number of nitrogens with zero attached hydrogens (tertiary/aromatic N) is 2. The fraction of sp³-hybridized carbons (Fsp3) is 0.308. The summed E-state index contributed by atoms with van der Waals surface area (Å²) in [6, 6.07) is 14.5. The van der Waals surface area contributed by atoms with Crippen molar-refractivity contribution in [3.05, 3.63) is 100 Å². The van der Waals surface area contributed by atoms with Crippen molar-refractivity contribution in [2.45, 2.75) is 23.8 Å². The Bertz CT molecular complexity index is 1320. The molecule has 1 unspecified atom stereocenters. The molecule has 1 saturated heterocycles. The number of hydrogen-bond donors (Lipinski definition) is 0. The minimum Gasteiger partial charge on any atom is -0.368 e. The highest BCUT2D eigenvalue weighted by atomic mass is 35.5. The molecular weight excluding hydrogens is 551 g/mol. The summed E-state index contributed by atoms with van der Waals surface area (Å²) in [5.41, 5.74) is 0.586. The van der Waals surface area contributed by atoms with Gasteiger partial charge in [0.2, 0.25) is 10.0 Å². The SMILES string of the molecule is O=S(=O)(c1c(F)cccc1F)N1CCN(CC(OCc2ccc(C(F)(F)F)cc2)c2ccc(Cl)cc2)CC1. The van der Waals surface area contributed by atoms with Gasteiger partial charge in [0.25, 0.3) is 0 Å². The summed E-state index contributed by atoms with van der Waals surface area (Å²) in [5.74, 6) is -2.29. The van der Waals surface area contributed by atoms with Crippen LogP contribution in [0.5, 0.6) is 0 Å². The molecule has 204 valence electrons. The molecule has 0 bridgehead atoms. The zero-order valence-electron chi connectivity index (χ0n) is 20.0. The van der Waals surface area contributed by atoms with Crippen molar-refractivity contribution in [1.29, 1.82) is 0 Å².